The molecule has 1 aliphatic rings. The molecule has 1 aliphatic heterocycles. The predicted octanol–water partition coefficient (Wildman–Crippen LogP) is 5.26. The minimum atomic E-state index is -4.39. The van der Waals surface area contributed by atoms with Crippen LogP contribution in [0.2, 0.25) is 0 Å². The Bertz CT molecular complexity index is 725. The molecule has 6 heteroatoms. The van der Waals surface area contributed by atoms with Crippen molar-refractivity contribution < 1.29 is 22.0 Å². The average Bonchev–Trinajstić information content (AvgIpc) is 2.56. The Balaban J connectivity index is 2.55. The van der Waals surface area contributed by atoms with Crippen LogP contribution in [-0.2, 0) is 6.18 Å². The number of hydrogen-bond donors (Lipinski definition) is 1. The summed E-state index contributed by atoms with van der Waals surface area (Å²) in [6.45, 7) is 4.76. The smallest absolute Gasteiger partial charge is 0.402 e. The minimum Gasteiger partial charge on any atom is -0.402 e. The zero-order valence-electron chi connectivity index (χ0n) is 15.3. The van der Waals surface area contributed by atoms with E-state index in [0.717, 1.165) is 18.7 Å². The summed E-state index contributed by atoms with van der Waals surface area (Å²) in [6, 6.07) is 4.63. The van der Waals surface area contributed by atoms with Gasteiger partial charge in [-0.25, -0.2) is 4.39 Å². The van der Waals surface area contributed by atoms with Crippen LogP contribution >= 0.6 is 0 Å². The summed E-state index contributed by atoms with van der Waals surface area (Å²) in [4.78, 5) is 0. The second kappa shape index (κ2) is 7.66. The van der Waals surface area contributed by atoms with E-state index < -0.39 is 17.8 Å². The minimum absolute atomic E-state index is 0.340. The summed E-state index contributed by atoms with van der Waals surface area (Å²) in [5.41, 5.74) is 6.90. The third-order valence-corrected chi connectivity index (χ3v) is 4.87. The van der Waals surface area contributed by atoms with Crippen LogP contribution in [0.15, 0.2) is 59.6 Å². The Labute approximate surface area is 151 Å². The van der Waals surface area contributed by atoms with Crippen molar-refractivity contribution in [2.24, 2.45) is 5.73 Å². The molecule has 0 spiro atoms. The second-order valence-electron chi connectivity index (χ2n) is 7.08. The van der Waals surface area contributed by atoms with Gasteiger partial charge in [0.15, 0.2) is 0 Å². The summed E-state index contributed by atoms with van der Waals surface area (Å²) in [5.74, 6) is -0.340. The van der Waals surface area contributed by atoms with E-state index in [4.69, 9.17) is 5.73 Å². The standard InChI is InChI=1S/C20H25F4N2/c1-14(25)11-13-26(3)12-5-4-6-18(21)15(2)19(26)16-7-9-17(10-8-16)20(22,23)24/h4,6-11,19H,5,12-13,25H2,1-3H3/q+1/b6-4-,14-11+,18-15-. The van der Waals surface area contributed by atoms with Crippen molar-refractivity contribution in [1.82, 2.24) is 0 Å². The molecule has 2 nitrogen and oxygen atoms in total. The number of nitrogens with zero attached hydrogens (tertiary/aromatic N) is 1. The van der Waals surface area contributed by atoms with Gasteiger partial charge in [-0.2, -0.15) is 13.2 Å². The molecule has 2 N–H and O–H groups in total. The molecule has 0 saturated heterocycles. The molecule has 26 heavy (non-hydrogen) atoms. The molecule has 0 bridgehead atoms. The number of likely N-dealkylation sites (N-methyl/N-ethyl adjacent to an activating group) is 1. The molecule has 1 aromatic rings. The highest BCUT2D eigenvalue weighted by Gasteiger charge is 2.37. The van der Waals surface area contributed by atoms with Gasteiger partial charge in [-0.15, -0.1) is 0 Å². The number of rotatable bonds is 3. The van der Waals surface area contributed by atoms with Gasteiger partial charge in [-0.1, -0.05) is 18.2 Å². The number of hydrogen-bond acceptors (Lipinski definition) is 1. The molecule has 142 valence electrons. The largest absolute Gasteiger partial charge is 0.416 e. The highest BCUT2D eigenvalue weighted by Crippen LogP contribution is 2.39. The van der Waals surface area contributed by atoms with E-state index >= 15 is 0 Å². The normalized spacial score (nSPS) is 29.2. The summed E-state index contributed by atoms with van der Waals surface area (Å²) in [5, 5.41) is 0. The number of quaternary nitrogens is 1. The topological polar surface area (TPSA) is 26.0 Å². The van der Waals surface area contributed by atoms with Crippen LogP contribution in [0.1, 0.15) is 37.4 Å². The summed E-state index contributed by atoms with van der Waals surface area (Å²) in [6.07, 6.45) is 1.40. The summed E-state index contributed by atoms with van der Waals surface area (Å²) < 4.78 is 53.6. The maximum atomic E-state index is 14.5. The first-order valence-electron chi connectivity index (χ1n) is 8.51. The zero-order chi connectivity index (χ0) is 19.5. The molecule has 0 aromatic heterocycles. The van der Waals surface area contributed by atoms with Crippen molar-refractivity contribution in [3.8, 4) is 0 Å². The average molecular weight is 369 g/mol. The summed E-state index contributed by atoms with van der Waals surface area (Å²) in [7, 11) is 1.98. The zero-order valence-corrected chi connectivity index (χ0v) is 15.3. The van der Waals surface area contributed by atoms with Gasteiger partial charge >= 0.3 is 6.18 Å². The van der Waals surface area contributed by atoms with Crippen molar-refractivity contribution >= 4 is 0 Å². The van der Waals surface area contributed by atoms with Gasteiger partial charge in [0.05, 0.1) is 25.7 Å². The van der Waals surface area contributed by atoms with E-state index in [2.05, 4.69) is 0 Å². The lowest BCUT2D eigenvalue weighted by Gasteiger charge is -2.42. The Morgan fingerprint density at radius 3 is 2.42 bits per heavy atom. The van der Waals surface area contributed by atoms with Crippen LogP contribution < -0.4 is 5.73 Å². The van der Waals surface area contributed by atoms with E-state index in [1.165, 1.54) is 18.2 Å². The van der Waals surface area contributed by atoms with Crippen LogP contribution in [-0.4, -0.2) is 24.6 Å². The van der Waals surface area contributed by atoms with Crippen molar-refractivity contribution in [2.45, 2.75) is 32.5 Å². The van der Waals surface area contributed by atoms with Crippen LogP contribution in [0, 0.1) is 0 Å². The van der Waals surface area contributed by atoms with Crippen LogP contribution in [0.5, 0.6) is 0 Å². The predicted molar refractivity (Wildman–Crippen MR) is 95.6 cm³/mol. The van der Waals surface area contributed by atoms with Gasteiger partial charge < -0.3 is 10.2 Å². The molecule has 0 amide bonds. The number of halogens is 4. The first-order chi connectivity index (χ1) is 12.0. The monoisotopic (exact) mass is 369 g/mol. The Kier molecular flexibility index (Phi) is 5.96. The Morgan fingerprint density at radius 2 is 1.88 bits per heavy atom. The maximum Gasteiger partial charge on any atom is 0.416 e. The van der Waals surface area contributed by atoms with Gasteiger partial charge in [0.1, 0.15) is 11.9 Å². The molecule has 2 atom stereocenters. The SMILES string of the molecule is C/C1=C(F)\C=C/CC[N+](C)(C/C=C(\C)N)C1c1ccc(C(F)(F)F)cc1. The van der Waals surface area contributed by atoms with Crippen molar-refractivity contribution in [2.75, 3.05) is 20.1 Å². The van der Waals surface area contributed by atoms with Gasteiger partial charge in [0, 0.05) is 23.3 Å². The van der Waals surface area contributed by atoms with E-state index in [1.54, 1.807) is 19.9 Å². The van der Waals surface area contributed by atoms with Crippen molar-refractivity contribution in [1.29, 1.82) is 0 Å². The fraction of sp³-hybridized carbons (Fsp3) is 0.400. The first-order valence-corrected chi connectivity index (χ1v) is 8.51. The molecular formula is C20H25F4N2+. The third kappa shape index (κ3) is 4.55. The first kappa shape index (κ1) is 20.2. The molecule has 0 radical (unpaired) electrons. The van der Waals surface area contributed by atoms with E-state index in [1.807, 2.05) is 13.1 Å². The molecule has 2 rings (SSSR count). The Hall–Kier alpha value is -2.08. The van der Waals surface area contributed by atoms with Crippen molar-refractivity contribution in [3.05, 3.63) is 70.7 Å². The number of benzene rings is 1. The van der Waals surface area contributed by atoms with Gasteiger partial charge in [0.25, 0.3) is 0 Å². The number of nitrogens with two attached hydrogens (primary N) is 1. The molecule has 2 unspecified atom stereocenters. The van der Waals surface area contributed by atoms with Gasteiger partial charge in [-0.05, 0) is 38.1 Å². The maximum absolute atomic E-state index is 14.5. The fourth-order valence-corrected chi connectivity index (χ4v) is 3.43. The van der Waals surface area contributed by atoms with Gasteiger partial charge in [-0.3, -0.25) is 0 Å². The van der Waals surface area contributed by atoms with Crippen molar-refractivity contribution in [3.63, 3.8) is 0 Å². The lowest BCUT2D eigenvalue weighted by molar-refractivity contribution is -0.928. The van der Waals surface area contributed by atoms with E-state index in [0.29, 0.717) is 34.3 Å². The third-order valence-electron chi connectivity index (χ3n) is 4.87. The lowest BCUT2D eigenvalue weighted by atomic mass is 9.92. The fourth-order valence-electron chi connectivity index (χ4n) is 3.43. The quantitative estimate of drug-likeness (QED) is 0.571. The molecular weight excluding hydrogens is 344 g/mol. The van der Waals surface area contributed by atoms with Crippen LogP contribution in [0.25, 0.3) is 0 Å². The molecule has 0 fully saturated rings. The molecule has 0 aliphatic carbocycles. The van der Waals surface area contributed by atoms with E-state index in [-0.39, 0.29) is 5.83 Å². The number of allylic oxidation sites excluding steroid dienone is 3. The Morgan fingerprint density at radius 1 is 1.27 bits per heavy atom. The van der Waals surface area contributed by atoms with Crippen LogP contribution in [0.3, 0.4) is 0 Å². The van der Waals surface area contributed by atoms with Gasteiger partial charge in [0.2, 0.25) is 0 Å². The molecule has 0 saturated carbocycles. The van der Waals surface area contributed by atoms with Crippen LogP contribution in [0.4, 0.5) is 17.6 Å². The lowest BCUT2D eigenvalue weighted by Crippen LogP contribution is -2.49. The summed E-state index contributed by atoms with van der Waals surface area (Å²) >= 11 is 0. The second-order valence-corrected chi connectivity index (χ2v) is 7.08. The van der Waals surface area contributed by atoms with E-state index in [9.17, 15) is 17.6 Å². The number of alkyl halides is 3. The molecule has 1 heterocycles. The highest BCUT2D eigenvalue weighted by atomic mass is 19.4. The molecule has 1 aromatic carbocycles. The highest BCUT2D eigenvalue weighted by molar-refractivity contribution is 5.33.